The second-order valence-corrected chi connectivity index (χ2v) is 8.90. The highest BCUT2D eigenvalue weighted by Crippen LogP contribution is 2.55. The van der Waals surface area contributed by atoms with Gasteiger partial charge in [-0.05, 0) is 87.9 Å². The zero-order valence-corrected chi connectivity index (χ0v) is 15.3. The Bertz CT molecular complexity index is 607. The molecule has 4 fully saturated rings. The molecule has 0 saturated heterocycles. The first-order chi connectivity index (χ1) is 11.9. The summed E-state index contributed by atoms with van der Waals surface area (Å²) in [6, 6.07) is 6.34. The highest BCUT2D eigenvalue weighted by Gasteiger charge is 2.51. The Labute approximate surface area is 150 Å². The van der Waals surface area contributed by atoms with Gasteiger partial charge in [-0.15, -0.1) is 0 Å². The van der Waals surface area contributed by atoms with E-state index in [-0.39, 0.29) is 23.3 Å². The third-order valence-corrected chi connectivity index (χ3v) is 6.81. The fourth-order valence-electron chi connectivity index (χ4n) is 5.84. The predicted molar refractivity (Wildman–Crippen MR) is 96.4 cm³/mol. The minimum Gasteiger partial charge on any atom is -0.349 e. The van der Waals surface area contributed by atoms with Crippen LogP contribution in [0.5, 0.6) is 0 Å². The maximum absolute atomic E-state index is 13.0. The zero-order valence-electron chi connectivity index (χ0n) is 15.3. The van der Waals surface area contributed by atoms with Crippen molar-refractivity contribution in [3.05, 3.63) is 35.6 Å². The lowest BCUT2D eigenvalue weighted by Gasteiger charge is -2.57. The molecule has 0 unspecified atom stereocenters. The van der Waals surface area contributed by atoms with Crippen LogP contribution >= 0.6 is 0 Å². The first-order valence-corrected chi connectivity index (χ1v) is 9.69. The average molecular weight is 344 g/mol. The van der Waals surface area contributed by atoms with Crippen molar-refractivity contribution in [1.29, 1.82) is 0 Å². The first-order valence-electron chi connectivity index (χ1n) is 9.69. The molecule has 1 aromatic rings. The number of hydrogen-bond acceptors (Lipinski definition) is 2. The number of rotatable bonds is 5. The minimum absolute atomic E-state index is 0.0663. The predicted octanol–water partition coefficient (Wildman–Crippen LogP) is 3.73. The Morgan fingerprint density at radius 1 is 1.16 bits per heavy atom. The van der Waals surface area contributed by atoms with Crippen molar-refractivity contribution >= 4 is 5.91 Å². The Morgan fingerprint density at radius 2 is 1.68 bits per heavy atom. The van der Waals surface area contributed by atoms with Crippen LogP contribution in [0.4, 0.5) is 4.39 Å². The molecule has 0 aliphatic heterocycles. The molecule has 1 amide bonds. The smallest absolute Gasteiger partial charge is 0.237 e. The SMILES string of the molecule is C[C@@H](C(=O)NC12CC3CC(CC(C3)C1)C2)N(C)Cc1ccc(F)cc1. The first kappa shape index (κ1) is 17.0. The molecule has 0 aromatic heterocycles. The molecule has 1 atom stereocenters. The van der Waals surface area contributed by atoms with Crippen LogP contribution in [0.1, 0.15) is 51.0 Å². The third kappa shape index (κ3) is 3.46. The normalized spacial score (nSPS) is 34.3. The van der Waals surface area contributed by atoms with E-state index in [1.165, 1.54) is 50.7 Å². The van der Waals surface area contributed by atoms with Gasteiger partial charge in [0.05, 0.1) is 6.04 Å². The number of hydrogen-bond donors (Lipinski definition) is 1. The van der Waals surface area contributed by atoms with Crippen molar-refractivity contribution in [2.24, 2.45) is 17.8 Å². The quantitative estimate of drug-likeness (QED) is 0.883. The summed E-state index contributed by atoms with van der Waals surface area (Å²) in [4.78, 5) is 14.9. The van der Waals surface area contributed by atoms with E-state index in [4.69, 9.17) is 0 Å². The van der Waals surface area contributed by atoms with E-state index in [0.29, 0.717) is 6.54 Å². The lowest BCUT2D eigenvalue weighted by molar-refractivity contribution is -0.131. The molecule has 4 bridgehead atoms. The molecule has 25 heavy (non-hydrogen) atoms. The van der Waals surface area contributed by atoms with Gasteiger partial charge in [-0.25, -0.2) is 4.39 Å². The van der Waals surface area contributed by atoms with E-state index in [1.54, 1.807) is 12.1 Å². The van der Waals surface area contributed by atoms with Crippen molar-refractivity contribution in [3.63, 3.8) is 0 Å². The number of benzene rings is 1. The standard InChI is InChI=1S/C21H29FN2O/c1-14(24(2)13-15-3-5-19(22)6-4-15)20(25)23-21-10-16-7-17(11-21)9-18(8-16)12-21/h3-6,14,16-18H,7-13H2,1-2H3,(H,23,25)/t14-,16?,17?,18?,21?/m0/s1. The zero-order chi connectivity index (χ0) is 17.6. The van der Waals surface area contributed by atoms with Gasteiger partial charge < -0.3 is 5.32 Å². The summed E-state index contributed by atoms with van der Waals surface area (Å²) in [6.45, 7) is 2.62. The fraction of sp³-hybridized carbons (Fsp3) is 0.667. The number of nitrogens with zero attached hydrogens (tertiary/aromatic N) is 1. The van der Waals surface area contributed by atoms with E-state index >= 15 is 0 Å². The van der Waals surface area contributed by atoms with Gasteiger partial charge in [0.15, 0.2) is 0 Å². The van der Waals surface area contributed by atoms with Gasteiger partial charge in [-0.1, -0.05) is 12.1 Å². The molecule has 4 saturated carbocycles. The second kappa shape index (κ2) is 6.39. The van der Waals surface area contributed by atoms with Crippen molar-refractivity contribution in [3.8, 4) is 0 Å². The van der Waals surface area contributed by atoms with Crippen LogP contribution in [0.3, 0.4) is 0 Å². The van der Waals surface area contributed by atoms with Crippen LogP contribution in [-0.4, -0.2) is 29.4 Å². The van der Waals surface area contributed by atoms with Crippen molar-refractivity contribution in [2.45, 2.75) is 63.6 Å². The molecule has 136 valence electrons. The van der Waals surface area contributed by atoms with Gasteiger partial charge in [0.1, 0.15) is 5.82 Å². The van der Waals surface area contributed by atoms with Gasteiger partial charge in [0.2, 0.25) is 5.91 Å². The van der Waals surface area contributed by atoms with Crippen molar-refractivity contribution in [2.75, 3.05) is 7.05 Å². The summed E-state index contributed by atoms with van der Waals surface area (Å²) in [7, 11) is 1.97. The molecular formula is C21H29FN2O. The maximum atomic E-state index is 13.0. The number of likely N-dealkylation sites (N-methyl/N-ethyl adjacent to an activating group) is 1. The van der Waals surface area contributed by atoms with E-state index in [0.717, 1.165) is 23.3 Å². The van der Waals surface area contributed by atoms with Crippen LogP contribution in [0.15, 0.2) is 24.3 Å². The molecular weight excluding hydrogens is 315 g/mol. The van der Waals surface area contributed by atoms with Gasteiger partial charge in [0.25, 0.3) is 0 Å². The topological polar surface area (TPSA) is 32.3 Å². The van der Waals surface area contributed by atoms with Crippen LogP contribution in [-0.2, 0) is 11.3 Å². The van der Waals surface area contributed by atoms with E-state index in [1.807, 2.05) is 18.9 Å². The van der Waals surface area contributed by atoms with E-state index in [2.05, 4.69) is 5.32 Å². The lowest BCUT2D eigenvalue weighted by Crippen LogP contribution is -2.62. The van der Waals surface area contributed by atoms with Gasteiger partial charge in [-0.2, -0.15) is 0 Å². The molecule has 0 spiro atoms. The van der Waals surface area contributed by atoms with Gasteiger partial charge >= 0.3 is 0 Å². The molecule has 4 aliphatic rings. The molecule has 3 nitrogen and oxygen atoms in total. The monoisotopic (exact) mass is 344 g/mol. The number of carbonyl (C=O) groups excluding carboxylic acids is 1. The molecule has 1 N–H and O–H groups in total. The second-order valence-electron chi connectivity index (χ2n) is 8.90. The van der Waals surface area contributed by atoms with E-state index < -0.39 is 0 Å². The van der Waals surface area contributed by atoms with Crippen molar-refractivity contribution in [1.82, 2.24) is 10.2 Å². The molecule has 4 aliphatic carbocycles. The fourth-order valence-corrected chi connectivity index (χ4v) is 5.84. The highest BCUT2D eigenvalue weighted by atomic mass is 19.1. The van der Waals surface area contributed by atoms with Gasteiger partial charge in [0, 0.05) is 12.1 Å². The molecule has 0 radical (unpaired) electrons. The Kier molecular flexibility index (Phi) is 4.35. The number of halogens is 1. The number of nitrogens with one attached hydrogen (secondary N) is 1. The summed E-state index contributed by atoms with van der Waals surface area (Å²) < 4.78 is 13.0. The Morgan fingerprint density at radius 3 is 2.20 bits per heavy atom. The Balaban J connectivity index is 1.38. The van der Waals surface area contributed by atoms with Crippen molar-refractivity contribution < 1.29 is 9.18 Å². The number of carbonyl (C=O) groups is 1. The van der Waals surface area contributed by atoms with Crippen LogP contribution in [0.25, 0.3) is 0 Å². The highest BCUT2D eigenvalue weighted by molar-refractivity contribution is 5.82. The average Bonchev–Trinajstić information content (AvgIpc) is 2.54. The summed E-state index contributed by atoms with van der Waals surface area (Å²) in [5, 5.41) is 3.46. The largest absolute Gasteiger partial charge is 0.349 e. The Hall–Kier alpha value is -1.42. The maximum Gasteiger partial charge on any atom is 0.237 e. The van der Waals surface area contributed by atoms with E-state index in [9.17, 15) is 9.18 Å². The molecule has 1 aromatic carbocycles. The van der Waals surface area contributed by atoms with Crippen LogP contribution in [0, 0.1) is 23.6 Å². The van der Waals surface area contributed by atoms with Crippen LogP contribution < -0.4 is 5.32 Å². The van der Waals surface area contributed by atoms with Crippen LogP contribution in [0.2, 0.25) is 0 Å². The summed E-state index contributed by atoms with van der Waals surface area (Å²) in [5.74, 6) is 2.42. The number of amides is 1. The summed E-state index contributed by atoms with van der Waals surface area (Å²) >= 11 is 0. The molecule has 4 heteroatoms. The summed E-state index contributed by atoms with van der Waals surface area (Å²) in [5.41, 5.74) is 1.09. The lowest BCUT2D eigenvalue weighted by atomic mass is 9.53. The molecule has 5 rings (SSSR count). The minimum atomic E-state index is -0.223. The molecule has 0 heterocycles. The third-order valence-electron chi connectivity index (χ3n) is 6.81. The summed E-state index contributed by atoms with van der Waals surface area (Å²) in [6.07, 6.45) is 7.69. The van der Waals surface area contributed by atoms with Gasteiger partial charge in [-0.3, -0.25) is 9.69 Å².